The first-order chi connectivity index (χ1) is 9.36. The van der Waals surface area contributed by atoms with E-state index >= 15 is 0 Å². The number of nitrogens with zero attached hydrogens (tertiary/aromatic N) is 1. The van der Waals surface area contributed by atoms with Crippen molar-refractivity contribution in [2.24, 2.45) is 0 Å². The van der Waals surface area contributed by atoms with Crippen molar-refractivity contribution in [1.29, 1.82) is 0 Å². The van der Waals surface area contributed by atoms with Gasteiger partial charge < -0.3 is 15.5 Å². The molecule has 3 N–H and O–H groups in total. The average molecular weight is 273 g/mol. The van der Waals surface area contributed by atoms with Gasteiger partial charge in [0, 0.05) is 16.8 Å². The quantitative estimate of drug-likeness (QED) is 0.900. The van der Waals surface area contributed by atoms with Crippen molar-refractivity contribution in [2.75, 3.05) is 5.73 Å². The van der Waals surface area contributed by atoms with Gasteiger partial charge in [-0.1, -0.05) is 0 Å². The van der Waals surface area contributed by atoms with Crippen LogP contribution >= 0.6 is 0 Å². The molecule has 2 aromatic rings. The fourth-order valence-electron chi connectivity index (χ4n) is 2.26. The molecule has 0 aliphatic rings. The second-order valence-corrected chi connectivity index (χ2v) is 4.99. The van der Waals surface area contributed by atoms with Crippen LogP contribution in [0.15, 0.2) is 22.6 Å². The standard InChI is InChI=1S/C15H19N3O2/c1-8-5-12(7-14(16)17-8)15(19)18-10(3)13-6-9(2)20-11(13)4/h5-7,10H,1-4H3,(H2,16,17)(H,18,19). The Balaban J connectivity index is 2.17. The topological polar surface area (TPSA) is 81.2 Å². The van der Waals surface area contributed by atoms with Gasteiger partial charge >= 0.3 is 0 Å². The lowest BCUT2D eigenvalue weighted by molar-refractivity contribution is 0.0939. The first-order valence-corrected chi connectivity index (χ1v) is 6.49. The molecule has 0 aromatic carbocycles. The normalized spacial score (nSPS) is 12.2. The highest BCUT2D eigenvalue weighted by Gasteiger charge is 2.16. The van der Waals surface area contributed by atoms with Gasteiger partial charge in [-0.05, 0) is 45.9 Å². The van der Waals surface area contributed by atoms with Gasteiger partial charge in [-0.15, -0.1) is 0 Å². The number of aromatic nitrogens is 1. The van der Waals surface area contributed by atoms with Gasteiger partial charge in [-0.2, -0.15) is 0 Å². The Morgan fingerprint density at radius 2 is 2.00 bits per heavy atom. The van der Waals surface area contributed by atoms with Crippen LogP contribution in [0.2, 0.25) is 0 Å². The van der Waals surface area contributed by atoms with Crippen LogP contribution < -0.4 is 11.1 Å². The zero-order chi connectivity index (χ0) is 14.9. The zero-order valence-corrected chi connectivity index (χ0v) is 12.2. The molecule has 0 fully saturated rings. The molecule has 5 heteroatoms. The monoisotopic (exact) mass is 273 g/mol. The highest BCUT2D eigenvalue weighted by Crippen LogP contribution is 2.21. The van der Waals surface area contributed by atoms with Crippen LogP contribution in [-0.4, -0.2) is 10.9 Å². The summed E-state index contributed by atoms with van der Waals surface area (Å²) in [5.41, 5.74) is 7.88. The van der Waals surface area contributed by atoms with E-state index in [1.54, 1.807) is 19.1 Å². The van der Waals surface area contributed by atoms with Gasteiger partial charge in [0.15, 0.2) is 0 Å². The van der Waals surface area contributed by atoms with E-state index in [4.69, 9.17) is 10.2 Å². The van der Waals surface area contributed by atoms with E-state index in [2.05, 4.69) is 10.3 Å². The van der Waals surface area contributed by atoms with Gasteiger partial charge in [0.1, 0.15) is 17.3 Å². The number of carbonyl (C=O) groups excluding carboxylic acids is 1. The molecule has 0 aliphatic heterocycles. The number of rotatable bonds is 3. The SMILES string of the molecule is Cc1cc(C(=O)NC(C)c2cc(C)oc2C)cc(N)n1. The van der Waals surface area contributed by atoms with Crippen LogP contribution in [-0.2, 0) is 0 Å². The number of hydrogen-bond acceptors (Lipinski definition) is 4. The molecule has 20 heavy (non-hydrogen) atoms. The van der Waals surface area contributed by atoms with Gasteiger partial charge in [-0.25, -0.2) is 4.98 Å². The first kappa shape index (κ1) is 14.1. The van der Waals surface area contributed by atoms with E-state index in [9.17, 15) is 4.79 Å². The second-order valence-electron chi connectivity index (χ2n) is 4.99. The molecule has 0 radical (unpaired) electrons. The molecule has 1 unspecified atom stereocenters. The smallest absolute Gasteiger partial charge is 0.251 e. The van der Waals surface area contributed by atoms with Gasteiger partial charge in [0.2, 0.25) is 0 Å². The molecule has 0 spiro atoms. The van der Waals surface area contributed by atoms with E-state index in [-0.39, 0.29) is 11.9 Å². The van der Waals surface area contributed by atoms with E-state index in [1.807, 2.05) is 26.8 Å². The lowest BCUT2D eigenvalue weighted by atomic mass is 10.1. The minimum atomic E-state index is -0.173. The maximum Gasteiger partial charge on any atom is 0.251 e. The van der Waals surface area contributed by atoms with Crippen LogP contribution in [0.1, 0.15) is 46.1 Å². The Labute approximate surface area is 118 Å². The van der Waals surface area contributed by atoms with Gasteiger partial charge in [-0.3, -0.25) is 4.79 Å². The summed E-state index contributed by atoms with van der Waals surface area (Å²) in [5.74, 6) is 1.83. The number of nitrogens with one attached hydrogen (secondary N) is 1. The number of furan rings is 1. The predicted molar refractivity (Wildman–Crippen MR) is 77.4 cm³/mol. The number of nitrogen functional groups attached to an aromatic ring is 1. The summed E-state index contributed by atoms with van der Waals surface area (Å²) >= 11 is 0. The molecule has 2 rings (SSSR count). The van der Waals surface area contributed by atoms with E-state index in [0.29, 0.717) is 11.4 Å². The van der Waals surface area contributed by atoms with Crippen LogP contribution in [0.3, 0.4) is 0 Å². The number of carbonyl (C=O) groups is 1. The lowest BCUT2D eigenvalue weighted by Gasteiger charge is -2.13. The molecule has 2 aromatic heterocycles. The summed E-state index contributed by atoms with van der Waals surface area (Å²) in [5, 5.41) is 2.94. The summed E-state index contributed by atoms with van der Waals surface area (Å²) in [6.07, 6.45) is 0. The summed E-state index contributed by atoms with van der Waals surface area (Å²) in [4.78, 5) is 16.3. The summed E-state index contributed by atoms with van der Waals surface area (Å²) in [6.45, 7) is 7.50. The first-order valence-electron chi connectivity index (χ1n) is 6.49. The van der Waals surface area contributed by atoms with Crippen molar-refractivity contribution in [3.63, 3.8) is 0 Å². The molecule has 106 valence electrons. The average Bonchev–Trinajstić information content (AvgIpc) is 2.67. The largest absolute Gasteiger partial charge is 0.466 e. The summed E-state index contributed by atoms with van der Waals surface area (Å²) in [6, 6.07) is 5.09. The second kappa shape index (κ2) is 5.36. The van der Waals surface area contributed by atoms with Crippen LogP contribution in [0.4, 0.5) is 5.82 Å². The van der Waals surface area contributed by atoms with Crippen molar-refractivity contribution in [3.8, 4) is 0 Å². The Morgan fingerprint density at radius 1 is 1.30 bits per heavy atom. The highest BCUT2D eigenvalue weighted by molar-refractivity contribution is 5.95. The minimum Gasteiger partial charge on any atom is -0.466 e. The molecular formula is C15H19N3O2. The Bertz CT molecular complexity index is 626. The molecule has 2 heterocycles. The van der Waals surface area contributed by atoms with E-state index in [1.165, 1.54) is 0 Å². The third kappa shape index (κ3) is 2.99. The highest BCUT2D eigenvalue weighted by atomic mass is 16.3. The van der Waals surface area contributed by atoms with Crippen molar-refractivity contribution in [1.82, 2.24) is 10.3 Å². The number of anilines is 1. The fourth-order valence-corrected chi connectivity index (χ4v) is 2.26. The summed E-state index contributed by atoms with van der Waals surface area (Å²) < 4.78 is 5.48. The Morgan fingerprint density at radius 3 is 2.55 bits per heavy atom. The number of pyridine rings is 1. The lowest BCUT2D eigenvalue weighted by Crippen LogP contribution is -2.27. The Hall–Kier alpha value is -2.30. The molecule has 0 saturated heterocycles. The molecule has 0 saturated carbocycles. The maximum atomic E-state index is 12.2. The van der Waals surface area contributed by atoms with Crippen molar-refractivity contribution in [2.45, 2.75) is 33.7 Å². The molecule has 0 aliphatic carbocycles. The van der Waals surface area contributed by atoms with Crippen molar-refractivity contribution >= 4 is 11.7 Å². The molecule has 5 nitrogen and oxygen atoms in total. The van der Waals surface area contributed by atoms with Crippen LogP contribution in [0.5, 0.6) is 0 Å². The molecule has 1 amide bonds. The molecular weight excluding hydrogens is 254 g/mol. The van der Waals surface area contributed by atoms with Crippen molar-refractivity contribution in [3.05, 3.63) is 46.5 Å². The zero-order valence-electron chi connectivity index (χ0n) is 12.2. The number of amides is 1. The van der Waals surface area contributed by atoms with Gasteiger partial charge in [0.25, 0.3) is 5.91 Å². The number of nitrogens with two attached hydrogens (primary N) is 1. The van der Waals surface area contributed by atoms with Crippen LogP contribution in [0.25, 0.3) is 0 Å². The number of aryl methyl sites for hydroxylation is 3. The fraction of sp³-hybridized carbons (Fsp3) is 0.333. The third-order valence-electron chi connectivity index (χ3n) is 3.13. The third-order valence-corrected chi connectivity index (χ3v) is 3.13. The van der Waals surface area contributed by atoms with Crippen molar-refractivity contribution < 1.29 is 9.21 Å². The predicted octanol–water partition coefficient (Wildman–Crippen LogP) is 2.67. The minimum absolute atomic E-state index is 0.130. The van der Waals surface area contributed by atoms with E-state index < -0.39 is 0 Å². The van der Waals surface area contributed by atoms with Crippen LogP contribution in [0, 0.1) is 20.8 Å². The van der Waals surface area contributed by atoms with E-state index in [0.717, 1.165) is 22.8 Å². The maximum absolute atomic E-state index is 12.2. The number of hydrogen-bond donors (Lipinski definition) is 2. The Kier molecular flexibility index (Phi) is 3.79. The summed E-state index contributed by atoms with van der Waals surface area (Å²) in [7, 11) is 0. The molecule has 1 atom stereocenters. The van der Waals surface area contributed by atoms with Gasteiger partial charge in [0.05, 0.1) is 6.04 Å². The molecule has 0 bridgehead atoms.